The second kappa shape index (κ2) is 36.2. The number of rotatable bonds is 12. The molecule has 10 atom stereocenters. The molecule has 662 valence electrons. The van der Waals surface area contributed by atoms with E-state index in [1.807, 2.05) is 0 Å². The Morgan fingerprint density at radius 2 is 0.772 bits per heavy atom. The molecule has 10 N–H and O–H groups in total. The number of anilines is 1. The van der Waals surface area contributed by atoms with Gasteiger partial charge >= 0.3 is 30.9 Å². The highest BCUT2D eigenvalue weighted by Crippen LogP contribution is 2.48. The topological polar surface area (TPSA) is 333 Å². The molecule has 6 aromatic carbocycles. The number of nitrogen functional groups attached to an aromatic ring is 1. The molecule has 123 heavy (non-hydrogen) atoms. The van der Waals surface area contributed by atoms with Crippen molar-refractivity contribution in [2.24, 2.45) is 47.9 Å². The average molecular weight is 1780 g/mol. The Morgan fingerprint density at radius 3 is 1.15 bits per heavy atom. The second-order valence-corrected chi connectivity index (χ2v) is 28.6. The van der Waals surface area contributed by atoms with Crippen molar-refractivity contribution >= 4 is 58.6 Å². The summed E-state index contributed by atoms with van der Waals surface area (Å²) in [7, 11) is 0. The van der Waals surface area contributed by atoms with Gasteiger partial charge in [0.2, 0.25) is 5.69 Å². The molecule has 22 nitrogen and oxygen atoms in total. The zero-order chi connectivity index (χ0) is 92.2. The van der Waals surface area contributed by atoms with Crippen LogP contribution in [0.1, 0.15) is 127 Å². The highest BCUT2D eigenvalue weighted by molar-refractivity contribution is 6.07. The normalized spacial score (nSPS) is 23.9. The number of hydrogen-bond acceptors (Lipinski definition) is 20. The summed E-state index contributed by atoms with van der Waals surface area (Å²) in [5.74, 6) is -14.8. The summed E-state index contributed by atoms with van der Waals surface area (Å²) < 4.78 is 356. The molecule has 5 aliphatic heterocycles. The minimum atomic E-state index is -4.82. The number of ketones is 2. The van der Waals surface area contributed by atoms with Crippen LogP contribution in [0.2, 0.25) is 0 Å². The minimum Gasteiger partial charge on any atom is -0.468 e. The molecule has 0 radical (unpaired) electrons. The summed E-state index contributed by atoms with van der Waals surface area (Å²) in [6.45, 7) is 12.8. The monoisotopic (exact) mass is 1780 g/mol. The number of aromatic nitrogens is 1. The van der Waals surface area contributed by atoms with Gasteiger partial charge in [-0.3, -0.25) is 24.7 Å². The smallest absolute Gasteiger partial charge is 0.425 e. The molecule has 0 aliphatic carbocycles. The Balaban J connectivity index is 0.000000193. The lowest BCUT2D eigenvalue weighted by Crippen LogP contribution is -2.46. The number of alkyl halides is 15. The van der Waals surface area contributed by atoms with Gasteiger partial charge in [0.25, 0.3) is 29.8 Å². The van der Waals surface area contributed by atoms with E-state index in [0.717, 1.165) is 43.3 Å². The molecule has 0 fully saturated rings. The highest BCUT2D eigenvalue weighted by atomic mass is 19.4. The van der Waals surface area contributed by atoms with E-state index < -0.39 is 261 Å². The van der Waals surface area contributed by atoms with Crippen molar-refractivity contribution in [1.29, 1.82) is 0 Å². The summed E-state index contributed by atoms with van der Waals surface area (Å²) in [4.78, 5) is 60.4. The number of pyridine rings is 1. The number of hydrogen-bond donors (Lipinski definition) is 5. The minimum absolute atomic E-state index is 0.00429. The van der Waals surface area contributed by atoms with E-state index in [1.165, 1.54) is 82.4 Å². The standard InChI is InChI=1S/C20H15F5N4O2.C20H16F5NO2.C12H10F5N3O3.C12H12F5N3O.C12H11F5N2O/c1-19(8-16(20(23,24)25)31-18(26)29-19)12-5-10(6-13(21)17(12)22)7-15(30)14-4-3-11(27-2)9-28-14;1-19(13-8-5-9-14(21)18(13)22)11-16(20(23,24)25)28-17(26-19)10-15(27)12-6-3-2-4-7-12;1-11(4-8(12(15,16)17)23-10(18)19-11)6-2-5(20(21)22)3-7(13)9(6)14;1-11(6-2-5(18)3-7(13)9(6)14)4-8(12(15,16)17)21-10(19)20-11;1-11(6-3-2-4-7(13)9(6)14)5-8(12(15,16)17)20-10(18)19-11/h3-6,9,16H,7-8H2,1H3,(H2,26,29);2-9,16H,10-11H2,1H3;2-3,8H,4H2,1H3,(H2,18,19);2-3,8H,4,18H2,1H3,(H2,19,20);2-4,8H,5H2,1H3,(H2,18,19)/t2*16-,19-;3*8-,11-/m00000/s1. The third-order valence-corrected chi connectivity index (χ3v) is 19.0. The Morgan fingerprint density at radius 1 is 0.423 bits per heavy atom. The van der Waals surface area contributed by atoms with Crippen LogP contribution < -0.4 is 28.7 Å². The average Bonchev–Trinajstić information content (AvgIpc) is 0.778. The zero-order valence-corrected chi connectivity index (χ0v) is 63.5. The molecule has 47 heteroatoms. The molecule has 0 amide bonds. The van der Waals surface area contributed by atoms with Crippen LogP contribution in [0.25, 0.3) is 4.85 Å². The molecule has 0 unspecified atom stereocenters. The molecule has 0 spiro atoms. The SMILES string of the molecule is C[C@@]1(c2cc(N)cc(F)c2F)C[C@@H](C(F)(F)F)OC(N)=N1.C[C@@]1(c2cc([N+](=O)[O-])cc(F)c2F)C[C@@H](C(F)(F)F)OC(N)=N1.C[C@@]1(c2cccc(F)c2F)C[C@@H](C(F)(F)F)OC(CC(=O)c2ccccc2)=N1.C[C@@]1(c2cccc(F)c2F)C[C@@H](C(F)(F)F)OC(N)=N1.[C-]#[N+]c1ccc(C(=O)Cc2cc(F)c(F)c([C@]3(C)C[C@@H](C(F)(F)F)OC(N)=N3)c2)nc1. The first kappa shape index (κ1) is 95.8. The Hall–Kier alpha value is -12.7. The second-order valence-electron chi connectivity index (χ2n) is 28.6. The lowest BCUT2D eigenvalue weighted by atomic mass is 9.84. The van der Waals surface area contributed by atoms with E-state index in [-0.39, 0.29) is 39.3 Å². The van der Waals surface area contributed by atoms with Gasteiger partial charge in [-0.15, -0.1) is 0 Å². The molecule has 12 rings (SSSR count). The number of carbonyl (C=O) groups is 2. The number of nitrogens with zero attached hydrogens (tertiary/aromatic N) is 8. The first-order valence-electron chi connectivity index (χ1n) is 35.0. The number of Topliss-reactive ketones (excluding diaryl/α,β-unsaturated/α-hetero) is 2. The van der Waals surface area contributed by atoms with Gasteiger partial charge in [-0.2, -0.15) is 65.9 Å². The largest absolute Gasteiger partial charge is 0.468 e. The molecule has 6 heterocycles. The van der Waals surface area contributed by atoms with Crippen molar-refractivity contribution in [2.75, 3.05) is 5.73 Å². The van der Waals surface area contributed by atoms with Crippen molar-refractivity contribution in [3.8, 4) is 0 Å². The number of halogens is 25. The molecule has 0 bridgehead atoms. The third-order valence-electron chi connectivity index (χ3n) is 19.0. The molecule has 0 saturated carbocycles. The summed E-state index contributed by atoms with van der Waals surface area (Å²) in [6.07, 6.45) is -38.9. The van der Waals surface area contributed by atoms with Gasteiger partial charge in [0, 0.05) is 89.9 Å². The van der Waals surface area contributed by atoms with Crippen LogP contribution in [0, 0.1) is 74.9 Å². The van der Waals surface area contributed by atoms with Crippen molar-refractivity contribution in [3.63, 3.8) is 0 Å². The van der Waals surface area contributed by atoms with Gasteiger partial charge in [-0.1, -0.05) is 60.7 Å². The van der Waals surface area contributed by atoms with E-state index in [9.17, 15) is 129 Å². The third kappa shape index (κ3) is 23.1. The van der Waals surface area contributed by atoms with Crippen molar-refractivity contribution in [1.82, 2.24) is 4.98 Å². The summed E-state index contributed by atoms with van der Waals surface area (Å²) in [6, 6.07) is 18.6. The molecular formula is C76H64F25N13O9. The lowest BCUT2D eigenvalue weighted by Gasteiger charge is -2.37. The van der Waals surface area contributed by atoms with E-state index in [2.05, 4.69) is 53.7 Å². The van der Waals surface area contributed by atoms with Crippen molar-refractivity contribution in [3.05, 3.63) is 246 Å². The first-order chi connectivity index (χ1) is 56.6. The number of aliphatic imine (C=N–C) groups is 5. The summed E-state index contributed by atoms with van der Waals surface area (Å²) in [5, 5.41) is 10.7. The molecule has 5 aliphatic rings. The van der Waals surface area contributed by atoms with E-state index in [1.54, 1.807) is 18.2 Å². The fourth-order valence-corrected chi connectivity index (χ4v) is 13.0. The Labute approximate surface area is 677 Å². The highest BCUT2D eigenvalue weighted by Gasteiger charge is 2.56. The van der Waals surface area contributed by atoms with Gasteiger partial charge in [0.15, 0.2) is 106 Å². The fraction of sp³-hybridized carbons (Fsp3) is 0.355. The van der Waals surface area contributed by atoms with Crippen LogP contribution >= 0.6 is 0 Å². The van der Waals surface area contributed by atoms with Crippen LogP contribution in [0.5, 0.6) is 0 Å². The quantitative estimate of drug-likeness (QED) is 0.0190. The number of ether oxygens (including phenoxy) is 5. The van der Waals surface area contributed by atoms with Gasteiger partial charge in [-0.05, 0) is 82.6 Å². The van der Waals surface area contributed by atoms with Gasteiger partial charge in [-0.25, -0.2) is 73.7 Å². The maximum absolute atomic E-state index is 14.6. The van der Waals surface area contributed by atoms with E-state index in [4.69, 9.17) is 40.0 Å². The number of amidine groups is 4. The summed E-state index contributed by atoms with van der Waals surface area (Å²) >= 11 is 0. The van der Waals surface area contributed by atoms with Crippen molar-refractivity contribution < 1.29 is 148 Å². The van der Waals surface area contributed by atoms with Gasteiger partial charge in [0.1, 0.15) is 5.69 Å². The number of non-ortho nitro benzene ring substituents is 1. The molecular weight excluding hydrogens is 1710 g/mol. The van der Waals surface area contributed by atoms with Crippen LogP contribution in [-0.2, 0) is 57.8 Å². The number of nitro benzene ring substituents is 1. The maximum Gasteiger partial charge on any atom is 0.425 e. The van der Waals surface area contributed by atoms with Gasteiger partial charge < -0.3 is 52.4 Å². The fourth-order valence-electron chi connectivity index (χ4n) is 13.0. The lowest BCUT2D eigenvalue weighted by molar-refractivity contribution is -0.385. The molecule has 7 aromatic rings. The van der Waals surface area contributed by atoms with Crippen LogP contribution in [0.15, 0.2) is 146 Å². The number of nitrogens with two attached hydrogens (primary N) is 5. The molecule has 0 saturated heterocycles. The predicted molar refractivity (Wildman–Crippen MR) is 385 cm³/mol. The summed E-state index contributed by atoms with van der Waals surface area (Å²) in [5.41, 5.74) is 14.8. The number of benzene rings is 6. The maximum atomic E-state index is 14.6. The van der Waals surface area contributed by atoms with Crippen LogP contribution in [0.4, 0.5) is 127 Å². The zero-order valence-electron chi connectivity index (χ0n) is 63.5. The predicted octanol–water partition coefficient (Wildman–Crippen LogP) is 17.4. The van der Waals surface area contributed by atoms with E-state index >= 15 is 0 Å². The molecule has 1 aromatic heterocycles. The van der Waals surface area contributed by atoms with Crippen LogP contribution in [-0.4, -0.2) is 113 Å². The van der Waals surface area contributed by atoms with E-state index in [0.29, 0.717) is 12.1 Å². The van der Waals surface area contributed by atoms with Gasteiger partial charge in [0.05, 0.1) is 51.7 Å². The van der Waals surface area contributed by atoms with Crippen LogP contribution in [0.3, 0.4) is 0 Å². The van der Waals surface area contributed by atoms with Crippen molar-refractivity contribution in [2.45, 2.75) is 169 Å². The first-order valence-corrected chi connectivity index (χ1v) is 35.0. The number of nitro groups is 1. The Kier molecular flexibility index (Phi) is 28.2. The Bertz CT molecular complexity index is 5340. The number of carbonyl (C=O) groups excluding carboxylic acids is 2.